The summed E-state index contributed by atoms with van der Waals surface area (Å²) in [6, 6.07) is 12.4. The van der Waals surface area contributed by atoms with Crippen LogP contribution in [-0.4, -0.2) is 26.4 Å². The monoisotopic (exact) mass is 492 g/mol. The molecular formula is C21H22BrFN4O2S. The van der Waals surface area contributed by atoms with Crippen LogP contribution in [0.4, 0.5) is 10.1 Å². The van der Waals surface area contributed by atoms with Crippen molar-refractivity contribution in [3.8, 4) is 5.75 Å². The number of rotatable bonds is 8. The molecule has 1 amide bonds. The number of carbonyl (C=O) groups is 1. The summed E-state index contributed by atoms with van der Waals surface area (Å²) in [5, 5.41) is 11.4. The van der Waals surface area contributed by atoms with Gasteiger partial charge >= 0.3 is 0 Å². The number of aromatic nitrogens is 3. The quantitative estimate of drug-likeness (QED) is 0.440. The predicted octanol–water partition coefficient (Wildman–Crippen LogP) is 5.15. The molecule has 1 aromatic heterocycles. The first-order valence-electron chi connectivity index (χ1n) is 9.32. The molecule has 0 saturated carbocycles. The second-order valence-corrected chi connectivity index (χ2v) is 8.79. The number of halogens is 2. The molecule has 9 heteroatoms. The van der Waals surface area contributed by atoms with E-state index >= 15 is 0 Å². The van der Waals surface area contributed by atoms with Gasteiger partial charge in [0.05, 0.1) is 11.4 Å². The fourth-order valence-electron chi connectivity index (χ4n) is 2.60. The van der Waals surface area contributed by atoms with Gasteiger partial charge < -0.3 is 14.6 Å². The lowest BCUT2D eigenvalue weighted by Gasteiger charge is -2.09. The Labute approximate surface area is 187 Å². The van der Waals surface area contributed by atoms with Gasteiger partial charge in [0.1, 0.15) is 18.2 Å². The molecule has 0 bridgehead atoms. The van der Waals surface area contributed by atoms with Gasteiger partial charge in [0.25, 0.3) is 0 Å². The number of nitrogens with zero attached hydrogens (tertiary/aromatic N) is 3. The standard InChI is InChI=1S/C21H22BrFN4O2S/c1-13(2)14-4-7-16(8-5-14)29-11-19-25-26-21(27(19)3)30-12-20(28)24-18-9-6-15(22)10-17(18)23/h4-10,13H,11-12H2,1-3H3,(H,24,28). The zero-order valence-electron chi connectivity index (χ0n) is 16.9. The molecule has 1 N–H and O–H groups in total. The van der Waals surface area contributed by atoms with Crippen molar-refractivity contribution in [2.24, 2.45) is 7.05 Å². The first kappa shape index (κ1) is 22.3. The van der Waals surface area contributed by atoms with Crippen LogP contribution in [-0.2, 0) is 18.4 Å². The van der Waals surface area contributed by atoms with Gasteiger partial charge in [0.15, 0.2) is 11.0 Å². The lowest BCUT2D eigenvalue weighted by Crippen LogP contribution is -2.15. The molecule has 0 fully saturated rings. The maximum Gasteiger partial charge on any atom is 0.234 e. The van der Waals surface area contributed by atoms with Gasteiger partial charge in [-0.2, -0.15) is 0 Å². The number of anilines is 1. The summed E-state index contributed by atoms with van der Waals surface area (Å²) in [7, 11) is 1.81. The Bertz CT molecular complexity index is 1020. The van der Waals surface area contributed by atoms with Crippen molar-refractivity contribution in [3.63, 3.8) is 0 Å². The van der Waals surface area contributed by atoms with Crippen molar-refractivity contribution in [1.29, 1.82) is 0 Å². The molecule has 1 heterocycles. The Morgan fingerprint density at radius 2 is 1.97 bits per heavy atom. The maximum atomic E-state index is 13.8. The number of nitrogens with one attached hydrogen (secondary N) is 1. The van der Waals surface area contributed by atoms with Gasteiger partial charge in [-0.3, -0.25) is 4.79 Å². The number of hydrogen-bond donors (Lipinski definition) is 1. The molecule has 6 nitrogen and oxygen atoms in total. The predicted molar refractivity (Wildman–Crippen MR) is 119 cm³/mol. The summed E-state index contributed by atoms with van der Waals surface area (Å²) in [6.45, 7) is 4.55. The molecular weight excluding hydrogens is 471 g/mol. The van der Waals surface area contributed by atoms with Gasteiger partial charge in [0.2, 0.25) is 5.91 Å². The van der Waals surface area contributed by atoms with E-state index in [0.29, 0.717) is 21.4 Å². The van der Waals surface area contributed by atoms with Crippen molar-refractivity contribution in [2.45, 2.75) is 31.5 Å². The van der Waals surface area contributed by atoms with E-state index in [4.69, 9.17) is 4.74 Å². The minimum atomic E-state index is -0.498. The Morgan fingerprint density at radius 1 is 1.23 bits per heavy atom. The summed E-state index contributed by atoms with van der Waals surface area (Å²) < 4.78 is 22.0. The van der Waals surface area contributed by atoms with Crippen LogP contribution in [0.1, 0.15) is 31.2 Å². The van der Waals surface area contributed by atoms with Crippen molar-refractivity contribution >= 4 is 39.3 Å². The van der Waals surface area contributed by atoms with Crippen molar-refractivity contribution < 1.29 is 13.9 Å². The van der Waals surface area contributed by atoms with Crippen molar-refractivity contribution in [2.75, 3.05) is 11.1 Å². The molecule has 0 radical (unpaired) electrons. The topological polar surface area (TPSA) is 69.0 Å². The molecule has 30 heavy (non-hydrogen) atoms. The third kappa shape index (κ3) is 5.82. The fraction of sp³-hybridized carbons (Fsp3) is 0.286. The number of amides is 1. The molecule has 0 unspecified atom stereocenters. The summed E-state index contributed by atoms with van der Waals surface area (Å²) in [6.07, 6.45) is 0. The first-order chi connectivity index (χ1) is 14.3. The zero-order valence-corrected chi connectivity index (χ0v) is 19.3. The van der Waals surface area contributed by atoms with Crippen LogP contribution < -0.4 is 10.1 Å². The molecule has 0 spiro atoms. The molecule has 2 aromatic carbocycles. The zero-order chi connectivity index (χ0) is 21.7. The van der Waals surface area contributed by atoms with Crippen LogP contribution in [0.5, 0.6) is 5.75 Å². The third-order valence-corrected chi connectivity index (χ3v) is 5.89. The molecule has 3 rings (SSSR count). The highest BCUT2D eigenvalue weighted by Gasteiger charge is 2.13. The molecule has 0 atom stereocenters. The second kappa shape index (κ2) is 10.1. The Hall–Kier alpha value is -2.39. The van der Waals surface area contributed by atoms with Crippen molar-refractivity contribution in [1.82, 2.24) is 14.8 Å². The minimum absolute atomic E-state index is 0.0823. The normalized spacial score (nSPS) is 11.0. The fourth-order valence-corrected chi connectivity index (χ4v) is 3.66. The number of hydrogen-bond acceptors (Lipinski definition) is 5. The average Bonchev–Trinajstić information content (AvgIpc) is 3.07. The smallest absolute Gasteiger partial charge is 0.234 e. The van der Waals surface area contributed by atoms with Crippen LogP contribution in [0.3, 0.4) is 0 Å². The van der Waals surface area contributed by atoms with Gasteiger partial charge in [-0.25, -0.2) is 4.39 Å². The van der Waals surface area contributed by atoms with E-state index in [-0.39, 0.29) is 24.0 Å². The van der Waals surface area contributed by atoms with E-state index in [2.05, 4.69) is 45.3 Å². The van der Waals surface area contributed by atoms with E-state index < -0.39 is 5.82 Å². The van der Waals surface area contributed by atoms with E-state index in [1.165, 1.54) is 29.5 Å². The largest absolute Gasteiger partial charge is 0.486 e. The molecule has 0 aliphatic rings. The van der Waals surface area contributed by atoms with Crippen LogP contribution in [0.25, 0.3) is 0 Å². The molecule has 0 saturated heterocycles. The molecule has 0 aliphatic heterocycles. The van der Waals surface area contributed by atoms with Crippen LogP contribution >= 0.6 is 27.7 Å². The highest BCUT2D eigenvalue weighted by Crippen LogP contribution is 2.22. The van der Waals surface area contributed by atoms with Gasteiger partial charge in [-0.15, -0.1) is 10.2 Å². The van der Waals surface area contributed by atoms with Crippen LogP contribution in [0, 0.1) is 5.82 Å². The summed E-state index contributed by atoms with van der Waals surface area (Å²) in [5.41, 5.74) is 1.39. The summed E-state index contributed by atoms with van der Waals surface area (Å²) >= 11 is 4.41. The number of ether oxygens (including phenoxy) is 1. The van der Waals surface area contributed by atoms with E-state index in [9.17, 15) is 9.18 Å². The Morgan fingerprint density at radius 3 is 2.63 bits per heavy atom. The van der Waals surface area contributed by atoms with E-state index in [1.807, 2.05) is 31.3 Å². The highest BCUT2D eigenvalue weighted by atomic mass is 79.9. The SMILES string of the molecule is CC(C)c1ccc(OCc2nnc(SCC(=O)Nc3ccc(Br)cc3F)n2C)cc1. The van der Waals surface area contributed by atoms with Gasteiger partial charge in [0, 0.05) is 11.5 Å². The number of carbonyl (C=O) groups excluding carboxylic acids is 1. The van der Waals surface area contributed by atoms with Crippen LogP contribution in [0.15, 0.2) is 52.1 Å². The van der Waals surface area contributed by atoms with E-state index in [1.54, 1.807) is 10.6 Å². The summed E-state index contributed by atoms with van der Waals surface area (Å²) in [5.74, 6) is 1.13. The molecule has 0 aliphatic carbocycles. The number of benzene rings is 2. The Balaban J connectivity index is 1.52. The van der Waals surface area contributed by atoms with Gasteiger partial charge in [-0.05, 0) is 41.8 Å². The molecule has 158 valence electrons. The first-order valence-corrected chi connectivity index (χ1v) is 11.1. The maximum absolute atomic E-state index is 13.8. The van der Waals surface area contributed by atoms with E-state index in [0.717, 1.165) is 5.75 Å². The lowest BCUT2D eigenvalue weighted by molar-refractivity contribution is -0.113. The average molecular weight is 493 g/mol. The highest BCUT2D eigenvalue weighted by molar-refractivity contribution is 9.10. The minimum Gasteiger partial charge on any atom is -0.486 e. The summed E-state index contributed by atoms with van der Waals surface area (Å²) in [4.78, 5) is 12.1. The third-order valence-electron chi connectivity index (χ3n) is 4.38. The van der Waals surface area contributed by atoms with Gasteiger partial charge in [-0.1, -0.05) is 53.7 Å². The Kier molecular flexibility index (Phi) is 7.49. The lowest BCUT2D eigenvalue weighted by atomic mass is 10.0. The second-order valence-electron chi connectivity index (χ2n) is 6.93. The van der Waals surface area contributed by atoms with Crippen LogP contribution in [0.2, 0.25) is 0 Å². The van der Waals surface area contributed by atoms with Crippen molar-refractivity contribution in [3.05, 3.63) is 64.1 Å². The number of thioether (sulfide) groups is 1. The molecule has 3 aromatic rings.